The number of benzene rings is 1. The molecule has 94 valence electrons. The van der Waals surface area contributed by atoms with Crippen LogP contribution >= 0.6 is 11.6 Å². The quantitative estimate of drug-likeness (QED) is 0.873. The highest BCUT2D eigenvalue weighted by molar-refractivity contribution is 6.33. The first-order valence-corrected chi connectivity index (χ1v) is 5.78. The van der Waals surface area contributed by atoms with E-state index in [0.29, 0.717) is 6.42 Å². The number of halogens is 2. The van der Waals surface area contributed by atoms with E-state index in [1.165, 1.54) is 18.2 Å². The maximum absolute atomic E-state index is 13.5. The van der Waals surface area contributed by atoms with Gasteiger partial charge in [0.2, 0.25) is 5.91 Å². The van der Waals surface area contributed by atoms with Gasteiger partial charge in [-0.05, 0) is 25.5 Å². The lowest BCUT2D eigenvalue weighted by atomic mass is 9.86. The summed E-state index contributed by atoms with van der Waals surface area (Å²) in [5, 5.41) is 2.67. The van der Waals surface area contributed by atoms with Crippen LogP contribution in [0.2, 0.25) is 5.02 Å². The average Bonchev–Trinajstić information content (AvgIpc) is 2.32. The predicted molar refractivity (Wildman–Crippen MR) is 67.5 cm³/mol. The average molecular weight is 259 g/mol. The lowest BCUT2D eigenvalue weighted by Gasteiger charge is -2.25. The van der Waals surface area contributed by atoms with Gasteiger partial charge in [-0.2, -0.15) is 0 Å². The SMILES string of the molecule is CCC(C)(CN)C(=O)Nc1c(F)cccc1Cl. The lowest BCUT2D eigenvalue weighted by Crippen LogP contribution is -2.39. The Kier molecular flexibility index (Phi) is 4.48. The highest BCUT2D eigenvalue weighted by Crippen LogP contribution is 2.28. The van der Waals surface area contributed by atoms with E-state index in [4.69, 9.17) is 17.3 Å². The monoisotopic (exact) mass is 258 g/mol. The maximum Gasteiger partial charge on any atom is 0.231 e. The normalized spacial score (nSPS) is 14.2. The summed E-state index contributed by atoms with van der Waals surface area (Å²) in [4.78, 5) is 12.0. The maximum atomic E-state index is 13.5. The number of para-hydroxylation sites is 1. The van der Waals surface area contributed by atoms with Crippen molar-refractivity contribution in [1.29, 1.82) is 0 Å². The molecule has 0 radical (unpaired) electrons. The van der Waals surface area contributed by atoms with Crippen molar-refractivity contribution in [1.82, 2.24) is 0 Å². The largest absolute Gasteiger partial charge is 0.329 e. The Labute approximate surface area is 105 Å². The summed E-state index contributed by atoms with van der Waals surface area (Å²) in [6.07, 6.45) is 0.571. The second-order valence-electron chi connectivity index (χ2n) is 4.17. The zero-order chi connectivity index (χ0) is 13.1. The highest BCUT2D eigenvalue weighted by atomic mass is 35.5. The van der Waals surface area contributed by atoms with Gasteiger partial charge >= 0.3 is 0 Å². The third-order valence-electron chi connectivity index (χ3n) is 2.98. The molecule has 0 heterocycles. The van der Waals surface area contributed by atoms with Gasteiger partial charge in [-0.1, -0.05) is 24.6 Å². The minimum atomic E-state index is -0.717. The van der Waals surface area contributed by atoms with Gasteiger partial charge in [0.1, 0.15) is 5.82 Å². The molecule has 17 heavy (non-hydrogen) atoms. The van der Waals surface area contributed by atoms with Crippen LogP contribution in [0.5, 0.6) is 0 Å². The van der Waals surface area contributed by atoms with E-state index in [1.54, 1.807) is 6.92 Å². The second kappa shape index (κ2) is 5.47. The third-order valence-corrected chi connectivity index (χ3v) is 3.30. The van der Waals surface area contributed by atoms with Crippen LogP contribution in [0.4, 0.5) is 10.1 Å². The van der Waals surface area contributed by atoms with Crippen LogP contribution in [0.1, 0.15) is 20.3 Å². The van der Waals surface area contributed by atoms with Crippen molar-refractivity contribution in [3.63, 3.8) is 0 Å². The first kappa shape index (κ1) is 13.9. The van der Waals surface area contributed by atoms with E-state index in [1.807, 2.05) is 6.92 Å². The molecule has 0 saturated carbocycles. The highest BCUT2D eigenvalue weighted by Gasteiger charge is 2.30. The van der Waals surface area contributed by atoms with Crippen molar-refractivity contribution in [2.24, 2.45) is 11.1 Å². The Hall–Kier alpha value is -1.13. The molecule has 0 spiro atoms. The second-order valence-corrected chi connectivity index (χ2v) is 4.58. The van der Waals surface area contributed by atoms with Crippen LogP contribution < -0.4 is 11.1 Å². The molecule has 1 unspecified atom stereocenters. The van der Waals surface area contributed by atoms with E-state index in [9.17, 15) is 9.18 Å². The van der Waals surface area contributed by atoms with Crippen molar-refractivity contribution < 1.29 is 9.18 Å². The molecular weight excluding hydrogens is 243 g/mol. The molecule has 1 atom stereocenters. The minimum absolute atomic E-state index is 0.00675. The smallest absolute Gasteiger partial charge is 0.231 e. The summed E-state index contributed by atoms with van der Waals surface area (Å²) >= 11 is 5.82. The Morgan fingerprint density at radius 3 is 2.71 bits per heavy atom. The Balaban J connectivity index is 2.96. The fraction of sp³-hybridized carbons (Fsp3) is 0.417. The number of anilines is 1. The predicted octanol–water partition coefficient (Wildman–Crippen LogP) is 2.79. The van der Waals surface area contributed by atoms with E-state index in [-0.39, 0.29) is 23.2 Å². The number of amides is 1. The Bertz CT molecular complexity index is 399. The molecular formula is C12H16ClFN2O. The van der Waals surface area contributed by atoms with Gasteiger partial charge in [0, 0.05) is 6.54 Å². The van der Waals surface area contributed by atoms with Gasteiger partial charge in [-0.3, -0.25) is 4.79 Å². The number of nitrogens with one attached hydrogen (secondary N) is 1. The molecule has 0 fully saturated rings. The molecule has 0 aliphatic rings. The van der Waals surface area contributed by atoms with Crippen LogP contribution in [0.15, 0.2) is 18.2 Å². The zero-order valence-corrected chi connectivity index (χ0v) is 10.6. The summed E-state index contributed by atoms with van der Waals surface area (Å²) in [5.41, 5.74) is 4.85. The number of nitrogens with two attached hydrogens (primary N) is 1. The van der Waals surface area contributed by atoms with Gasteiger partial charge in [0.15, 0.2) is 0 Å². The zero-order valence-electron chi connectivity index (χ0n) is 9.89. The van der Waals surface area contributed by atoms with Crippen molar-refractivity contribution >= 4 is 23.2 Å². The number of rotatable bonds is 4. The third kappa shape index (κ3) is 2.96. The molecule has 0 saturated heterocycles. The molecule has 3 N–H and O–H groups in total. The molecule has 0 aliphatic carbocycles. The van der Waals surface area contributed by atoms with Crippen molar-refractivity contribution in [3.05, 3.63) is 29.0 Å². The summed E-state index contributed by atoms with van der Waals surface area (Å²) in [6.45, 7) is 3.79. The Morgan fingerprint density at radius 1 is 1.59 bits per heavy atom. The fourth-order valence-electron chi connectivity index (χ4n) is 1.28. The molecule has 5 heteroatoms. The number of carbonyl (C=O) groups excluding carboxylic acids is 1. The van der Waals surface area contributed by atoms with Crippen LogP contribution in [-0.2, 0) is 4.79 Å². The Morgan fingerprint density at radius 2 is 2.24 bits per heavy atom. The molecule has 1 aromatic carbocycles. The molecule has 1 aromatic rings. The molecule has 3 nitrogen and oxygen atoms in total. The molecule has 0 aliphatic heterocycles. The van der Waals surface area contributed by atoms with Crippen molar-refractivity contribution in [3.8, 4) is 0 Å². The number of hydrogen-bond donors (Lipinski definition) is 2. The van der Waals surface area contributed by atoms with E-state index in [0.717, 1.165) is 0 Å². The molecule has 1 amide bonds. The molecule has 0 aromatic heterocycles. The van der Waals surface area contributed by atoms with E-state index < -0.39 is 11.2 Å². The minimum Gasteiger partial charge on any atom is -0.329 e. The van der Waals surface area contributed by atoms with Crippen molar-refractivity contribution in [2.45, 2.75) is 20.3 Å². The molecule has 0 bridgehead atoms. The summed E-state index contributed by atoms with van der Waals surface area (Å²) in [6, 6.07) is 4.24. The summed E-state index contributed by atoms with van der Waals surface area (Å²) < 4.78 is 13.5. The standard InChI is InChI=1S/C12H16ClFN2O/c1-3-12(2,7-15)11(17)16-10-8(13)5-4-6-9(10)14/h4-6H,3,7,15H2,1-2H3,(H,16,17). The first-order valence-electron chi connectivity index (χ1n) is 5.40. The summed E-state index contributed by atoms with van der Waals surface area (Å²) in [7, 11) is 0. The topological polar surface area (TPSA) is 55.1 Å². The van der Waals surface area contributed by atoms with Gasteiger partial charge in [-0.15, -0.1) is 0 Å². The van der Waals surface area contributed by atoms with Crippen LogP contribution in [0.3, 0.4) is 0 Å². The number of hydrogen-bond acceptors (Lipinski definition) is 2. The number of carbonyl (C=O) groups is 1. The van der Waals surface area contributed by atoms with Crippen LogP contribution in [0.25, 0.3) is 0 Å². The van der Waals surface area contributed by atoms with E-state index in [2.05, 4.69) is 5.32 Å². The summed E-state index contributed by atoms with van der Waals surface area (Å²) in [5.74, 6) is -0.879. The van der Waals surface area contributed by atoms with E-state index >= 15 is 0 Å². The van der Waals surface area contributed by atoms with Crippen LogP contribution in [-0.4, -0.2) is 12.5 Å². The van der Waals surface area contributed by atoms with Gasteiger partial charge < -0.3 is 11.1 Å². The molecule has 1 rings (SSSR count). The van der Waals surface area contributed by atoms with Crippen LogP contribution in [0, 0.1) is 11.2 Å². The fourth-order valence-corrected chi connectivity index (χ4v) is 1.49. The van der Waals surface area contributed by atoms with Crippen molar-refractivity contribution in [2.75, 3.05) is 11.9 Å². The van der Waals surface area contributed by atoms with Gasteiger partial charge in [0.05, 0.1) is 16.1 Å². The first-order chi connectivity index (χ1) is 7.94. The van der Waals surface area contributed by atoms with Gasteiger partial charge in [-0.25, -0.2) is 4.39 Å². The van der Waals surface area contributed by atoms with Gasteiger partial charge in [0.25, 0.3) is 0 Å². The lowest BCUT2D eigenvalue weighted by molar-refractivity contribution is -0.124.